The van der Waals surface area contributed by atoms with Crippen LogP contribution in [0.3, 0.4) is 0 Å². The SMILES string of the molecule is Cc1cc(-c2ccccc2OCCN2CC(C)OC(C)C2)c(C#N)c(=O)[nH]1. The molecule has 2 aromatic rings. The van der Waals surface area contributed by atoms with Gasteiger partial charge in [-0.2, -0.15) is 5.26 Å². The molecule has 1 aliphatic heterocycles. The summed E-state index contributed by atoms with van der Waals surface area (Å²) in [5, 5.41) is 9.41. The average molecular weight is 367 g/mol. The van der Waals surface area contributed by atoms with Crippen LogP contribution in [0, 0.1) is 18.3 Å². The first-order valence-corrected chi connectivity index (χ1v) is 9.22. The van der Waals surface area contributed by atoms with Crippen LogP contribution >= 0.6 is 0 Å². The summed E-state index contributed by atoms with van der Waals surface area (Å²) < 4.78 is 11.8. The monoisotopic (exact) mass is 367 g/mol. The molecule has 6 nitrogen and oxygen atoms in total. The molecule has 0 saturated carbocycles. The van der Waals surface area contributed by atoms with Gasteiger partial charge >= 0.3 is 0 Å². The van der Waals surface area contributed by atoms with Crippen LogP contribution in [-0.2, 0) is 4.74 Å². The molecule has 3 rings (SSSR count). The molecular formula is C21H25N3O3. The number of H-pyrrole nitrogens is 1. The highest BCUT2D eigenvalue weighted by Gasteiger charge is 2.22. The van der Waals surface area contributed by atoms with Gasteiger partial charge in [0.1, 0.15) is 24.0 Å². The van der Waals surface area contributed by atoms with Gasteiger partial charge in [-0.3, -0.25) is 9.69 Å². The maximum atomic E-state index is 12.1. The highest BCUT2D eigenvalue weighted by molar-refractivity contribution is 5.75. The number of hydrogen-bond acceptors (Lipinski definition) is 5. The van der Waals surface area contributed by atoms with E-state index >= 15 is 0 Å². The van der Waals surface area contributed by atoms with Crippen LogP contribution in [0.5, 0.6) is 5.75 Å². The number of hydrogen-bond donors (Lipinski definition) is 1. The summed E-state index contributed by atoms with van der Waals surface area (Å²) >= 11 is 0. The number of rotatable bonds is 5. The topological polar surface area (TPSA) is 78.3 Å². The van der Waals surface area contributed by atoms with E-state index in [1.54, 1.807) is 6.92 Å². The highest BCUT2D eigenvalue weighted by atomic mass is 16.5. The Balaban J connectivity index is 1.78. The van der Waals surface area contributed by atoms with Gasteiger partial charge in [0.25, 0.3) is 5.56 Å². The minimum absolute atomic E-state index is 0.104. The van der Waals surface area contributed by atoms with Crippen molar-refractivity contribution in [1.29, 1.82) is 5.26 Å². The summed E-state index contributed by atoms with van der Waals surface area (Å²) in [4.78, 5) is 17.1. The Kier molecular flexibility index (Phi) is 5.94. The van der Waals surface area contributed by atoms with E-state index in [1.165, 1.54) is 0 Å². The quantitative estimate of drug-likeness (QED) is 0.879. The smallest absolute Gasteiger partial charge is 0.266 e. The van der Waals surface area contributed by atoms with Crippen molar-refractivity contribution in [2.75, 3.05) is 26.2 Å². The number of nitrogens with one attached hydrogen (secondary N) is 1. The van der Waals surface area contributed by atoms with Crippen LogP contribution in [0.15, 0.2) is 35.1 Å². The van der Waals surface area contributed by atoms with Gasteiger partial charge < -0.3 is 14.5 Å². The standard InChI is InChI=1S/C21H25N3O3/c1-14-10-18(19(11-22)21(25)23-14)17-6-4-5-7-20(17)26-9-8-24-12-15(2)27-16(3)13-24/h4-7,10,15-16H,8-9,12-13H2,1-3H3,(H,23,25). The highest BCUT2D eigenvalue weighted by Crippen LogP contribution is 2.31. The molecular weight excluding hydrogens is 342 g/mol. The van der Waals surface area contributed by atoms with Crippen molar-refractivity contribution in [1.82, 2.24) is 9.88 Å². The summed E-state index contributed by atoms with van der Waals surface area (Å²) in [6.07, 6.45) is 0.441. The lowest BCUT2D eigenvalue weighted by atomic mass is 10.0. The second kappa shape index (κ2) is 8.38. The largest absolute Gasteiger partial charge is 0.492 e. The summed E-state index contributed by atoms with van der Waals surface area (Å²) in [6.45, 7) is 9.07. The maximum Gasteiger partial charge on any atom is 0.266 e. The predicted molar refractivity (Wildman–Crippen MR) is 104 cm³/mol. The summed E-state index contributed by atoms with van der Waals surface area (Å²) in [6, 6.07) is 11.3. The molecule has 1 aliphatic rings. The van der Waals surface area contributed by atoms with Crippen molar-refractivity contribution in [3.05, 3.63) is 51.9 Å². The van der Waals surface area contributed by atoms with Crippen molar-refractivity contribution in [3.8, 4) is 22.9 Å². The first-order valence-electron chi connectivity index (χ1n) is 9.22. The van der Waals surface area contributed by atoms with Gasteiger partial charge in [-0.05, 0) is 32.9 Å². The fourth-order valence-corrected chi connectivity index (χ4v) is 3.58. The van der Waals surface area contributed by atoms with Crippen molar-refractivity contribution < 1.29 is 9.47 Å². The Morgan fingerprint density at radius 1 is 1.26 bits per heavy atom. The van der Waals surface area contributed by atoms with Gasteiger partial charge in [-0.15, -0.1) is 0 Å². The predicted octanol–water partition coefficient (Wildman–Crippen LogP) is 2.71. The zero-order chi connectivity index (χ0) is 19.4. The molecule has 0 radical (unpaired) electrons. The molecule has 2 heterocycles. The Bertz CT molecular complexity index is 890. The Labute approximate surface area is 159 Å². The molecule has 0 aliphatic carbocycles. The van der Waals surface area contributed by atoms with E-state index in [0.29, 0.717) is 23.6 Å². The molecule has 1 fully saturated rings. The third kappa shape index (κ3) is 4.57. The zero-order valence-corrected chi connectivity index (χ0v) is 16.0. The fraction of sp³-hybridized carbons (Fsp3) is 0.429. The lowest BCUT2D eigenvalue weighted by molar-refractivity contribution is -0.0699. The van der Waals surface area contributed by atoms with Crippen LogP contribution in [0.4, 0.5) is 0 Å². The molecule has 1 aromatic heterocycles. The molecule has 0 bridgehead atoms. The van der Waals surface area contributed by atoms with E-state index in [0.717, 1.165) is 25.2 Å². The lowest BCUT2D eigenvalue weighted by Crippen LogP contribution is -2.46. The maximum absolute atomic E-state index is 12.1. The minimum atomic E-state index is -0.376. The summed E-state index contributed by atoms with van der Waals surface area (Å²) in [5.74, 6) is 0.674. The minimum Gasteiger partial charge on any atom is -0.492 e. The Hall–Kier alpha value is -2.62. The molecule has 27 heavy (non-hydrogen) atoms. The van der Waals surface area contributed by atoms with Crippen LogP contribution in [0.2, 0.25) is 0 Å². The Morgan fingerprint density at radius 3 is 2.67 bits per heavy atom. The third-order valence-electron chi connectivity index (χ3n) is 4.62. The second-order valence-electron chi connectivity index (χ2n) is 7.04. The van der Waals surface area contributed by atoms with E-state index in [4.69, 9.17) is 9.47 Å². The van der Waals surface area contributed by atoms with Crippen LogP contribution in [0.25, 0.3) is 11.1 Å². The van der Waals surface area contributed by atoms with Gasteiger partial charge in [-0.1, -0.05) is 18.2 Å². The van der Waals surface area contributed by atoms with Crippen LogP contribution in [0.1, 0.15) is 25.1 Å². The van der Waals surface area contributed by atoms with Gasteiger partial charge in [0.15, 0.2) is 0 Å². The normalized spacial score (nSPS) is 20.2. The van der Waals surface area contributed by atoms with E-state index in [9.17, 15) is 10.1 Å². The second-order valence-corrected chi connectivity index (χ2v) is 7.04. The zero-order valence-electron chi connectivity index (χ0n) is 16.0. The molecule has 0 spiro atoms. The van der Waals surface area contributed by atoms with E-state index in [2.05, 4.69) is 23.7 Å². The lowest BCUT2D eigenvalue weighted by Gasteiger charge is -2.35. The number of aromatic amines is 1. The molecule has 2 atom stereocenters. The van der Waals surface area contributed by atoms with Crippen molar-refractivity contribution in [2.45, 2.75) is 33.0 Å². The number of nitriles is 1. The van der Waals surface area contributed by atoms with Crippen molar-refractivity contribution in [3.63, 3.8) is 0 Å². The number of pyridine rings is 1. The first-order chi connectivity index (χ1) is 13.0. The van der Waals surface area contributed by atoms with Gasteiger partial charge in [0, 0.05) is 36.5 Å². The van der Waals surface area contributed by atoms with Crippen molar-refractivity contribution >= 4 is 0 Å². The number of nitrogens with zero attached hydrogens (tertiary/aromatic N) is 2. The number of aromatic nitrogens is 1. The number of ether oxygens (including phenoxy) is 2. The van der Waals surface area contributed by atoms with E-state index in [-0.39, 0.29) is 23.3 Å². The summed E-state index contributed by atoms with van der Waals surface area (Å²) in [7, 11) is 0. The number of aryl methyl sites for hydroxylation is 1. The molecule has 2 unspecified atom stereocenters. The number of benzene rings is 1. The molecule has 142 valence electrons. The first kappa shape index (κ1) is 19.2. The Morgan fingerprint density at radius 2 is 1.96 bits per heavy atom. The van der Waals surface area contributed by atoms with Crippen LogP contribution in [-0.4, -0.2) is 48.3 Å². The van der Waals surface area contributed by atoms with Crippen molar-refractivity contribution in [2.24, 2.45) is 0 Å². The average Bonchev–Trinajstić information content (AvgIpc) is 2.61. The fourth-order valence-electron chi connectivity index (χ4n) is 3.58. The third-order valence-corrected chi connectivity index (χ3v) is 4.62. The van der Waals surface area contributed by atoms with Gasteiger partial charge in [0.05, 0.1) is 12.2 Å². The van der Waals surface area contributed by atoms with Gasteiger partial charge in [0.2, 0.25) is 0 Å². The van der Waals surface area contributed by atoms with Gasteiger partial charge in [-0.25, -0.2) is 0 Å². The number of para-hydroxylation sites is 1. The molecule has 1 N–H and O–H groups in total. The number of morpholine rings is 1. The molecule has 1 saturated heterocycles. The summed E-state index contributed by atoms with van der Waals surface area (Å²) in [5.41, 5.74) is 1.79. The van der Waals surface area contributed by atoms with E-state index < -0.39 is 0 Å². The molecule has 1 aromatic carbocycles. The molecule has 0 amide bonds. The molecule has 6 heteroatoms. The van der Waals surface area contributed by atoms with Crippen LogP contribution < -0.4 is 10.3 Å². The van der Waals surface area contributed by atoms with E-state index in [1.807, 2.05) is 36.4 Å².